The Morgan fingerprint density at radius 2 is 0.718 bits per heavy atom. The predicted molar refractivity (Wildman–Crippen MR) is 170 cm³/mol. The third-order valence-electron chi connectivity index (χ3n) is 6.33. The van der Waals surface area contributed by atoms with Crippen molar-refractivity contribution in [1.82, 2.24) is 0 Å². The highest BCUT2D eigenvalue weighted by Gasteiger charge is 2.34. The molecular weight excluding hydrogens is 529 g/mol. The monoisotopic (exact) mass is 556 g/mol. The summed E-state index contributed by atoms with van der Waals surface area (Å²) >= 11 is 0. The first-order chi connectivity index (χ1) is 19.4. The number of hydrogen-bond donors (Lipinski definition) is 0. The van der Waals surface area contributed by atoms with Crippen molar-refractivity contribution < 1.29 is 0 Å². The minimum Gasteiger partial charge on any atom is -0.0619 e. The van der Waals surface area contributed by atoms with Gasteiger partial charge in [-0.25, -0.2) is 0 Å². The second-order valence-corrected chi connectivity index (χ2v) is 14.5. The molecule has 0 unspecified atom stereocenters. The smallest absolute Gasteiger partial charge is 0.0619 e. The second-order valence-electron chi connectivity index (χ2n) is 8.90. The van der Waals surface area contributed by atoms with Gasteiger partial charge >= 0.3 is 0 Å². The Labute approximate surface area is 240 Å². The highest BCUT2D eigenvalue weighted by molar-refractivity contribution is 8.74. The molecule has 6 rings (SSSR count). The van der Waals surface area contributed by atoms with Gasteiger partial charge in [0, 0.05) is 11.1 Å². The lowest BCUT2D eigenvalue weighted by molar-refractivity contribution is 1.30. The molecule has 0 saturated carbocycles. The fourth-order valence-corrected chi connectivity index (χ4v) is 10.9. The molecule has 0 aliphatic carbocycles. The first-order valence-electron chi connectivity index (χ1n) is 12.9. The molecule has 0 amide bonds. The van der Waals surface area contributed by atoms with E-state index in [1.807, 2.05) is 10.8 Å². The molecule has 6 aromatic carbocycles. The van der Waals surface area contributed by atoms with Crippen LogP contribution in [-0.2, 0) is 20.8 Å². The van der Waals surface area contributed by atoms with Crippen LogP contribution in [0.15, 0.2) is 199 Å². The van der Waals surface area contributed by atoms with E-state index in [-0.39, 0.29) is 20.8 Å². The Hall–Kier alpha value is -3.63. The highest BCUT2D eigenvalue weighted by atomic mass is 33.1. The largest absolute Gasteiger partial charge is 0.174 e. The Morgan fingerprint density at radius 3 is 1.23 bits per heavy atom. The number of hydrogen-bond acceptors (Lipinski definition) is 1. The third-order valence-corrected chi connectivity index (χ3v) is 12.9. The average molecular weight is 557 g/mol. The van der Waals surface area contributed by atoms with Crippen molar-refractivity contribution in [2.75, 3.05) is 0 Å². The average Bonchev–Trinajstić information content (AvgIpc) is 3.02. The van der Waals surface area contributed by atoms with Gasteiger partial charge in [-0.3, -0.25) is 0 Å². The van der Waals surface area contributed by atoms with E-state index >= 15 is 0 Å². The summed E-state index contributed by atoms with van der Waals surface area (Å²) in [6, 6.07) is 61.5. The van der Waals surface area contributed by atoms with Crippen LogP contribution >= 0.6 is 10.8 Å². The Kier molecular flexibility index (Phi) is 8.21. The van der Waals surface area contributed by atoms with Crippen LogP contribution in [0, 0.1) is 0 Å². The minimum absolute atomic E-state index is 0.157. The molecular formula is C36H28S3+2. The van der Waals surface area contributed by atoms with Gasteiger partial charge in [0.05, 0.1) is 15.8 Å². The molecule has 0 spiro atoms. The van der Waals surface area contributed by atoms with Crippen molar-refractivity contribution in [3.8, 4) is 11.1 Å². The summed E-state index contributed by atoms with van der Waals surface area (Å²) in [7, 11) is 1.58. The molecule has 0 atom stereocenters. The maximum absolute atomic E-state index is 2.31. The molecule has 0 nitrogen and oxygen atoms in total. The van der Waals surface area contributed by atoms with Gasteiger partial charge in [0.1, 0.15) is 20.7 Å². The van der Waals surface area contributed by atoms with Crippen LogP contribution in [0.5, 0.6) is 0 Å². The first kappa shape index (κ1) is 25.6. The molecule has 0 bridgehead atoms. The van der Waals surface area contributed by atoms with Crippen molar-refractivity contribution >= 4 is 31.6 Å². The zero-order valence-electron chi connectivity index (χ0n) is 21.4. The molecule has 39 heavy (non-hydrogen) atoms. The van der Waals surface area contributed by atoms with Crippen LogP contribution in [0.25, 0.3) is 11.1 Å². The summed E-state index contributed by atoms with van der Waals surface area (Å²) in [6.07, 6.45) is 0. The van der Waals surface area contributed by atoms with Crippen LogP contribution < -0.4 is 0 Å². The van der Waals surface area contributed by atoms with Gasteiger partial charge < -0.3 is 0 Å². The molecule has 0 saturated heterocycles. The lowest BCUT2D eigenvalue weighted by atomic mass is 10.1. The van der Waals surface area contributed by atoms with E-state index in [0.29, 0.717) is 0 Å². The molecule has 0 aliphatic rings. The van der Waals surface area contributed by atoms with Gasteiger partial charge in [-0.2, -0.15) is 0 Å². The molecule has 0 N–H and O–H groups in total. The van der Waals surface area contributed by atoms with Crippen LogP contribution in [-0.4, -0.2) is 0 Å². The summed E-state index contributed by atoms with van der Waals surface area (Å²) in [4.78, 5) is 7.98. The van der Waals surface area contributed by atoms with Crippen molar-refractivity contribution in [1.29, 1.82) is 0 Å². The van der Waals surface area contributed by atoms with Gasteiger partial charge in [0.15, 0.2) is 24.5 Å². The number of rotatable bonds is 8. The normalized spacial score (nSPS) is 11.1. The van der Waals surface area contributed by atoms with Crippen LogP contribution in [0.4, 0.5) is 0 Å². The lowest BCUT2D eigenvalue weighted by Crippen LogP contribution is -2.06. The molecule has 0 aromatic heterocycles. The fourth-order valence-electron chi connectivity index (χ4n) is 4.54. The maximum atomic E-state index is 2.31. The van der Waals surface area contributed by atoms with Crippen LogP contribution in [0.3, 0.4) is 0 Å². The third kappa shape index (κ3) is 5.86. The van der Waals surface area contributed by atoms with Gasteiger partial charge in [-0.1, -0.05) is 103 Å². The number of benzene rings is 6. The van der Waals surface area contributed by atoms with E-state index in [1.165, 1.54) is 40.5 Å². The van der Waals surface area contributed by atoms with Crippen LogP contribution in [0.2, 0.25) is 0 Å². The van der Waals surface area contributed by atoms with E-state index in [1.54, 1.807) is 0 Å². The molecule has 188 valence electrons. The Bertz CT molecular complexity index is 1540. The predicted octanol–water partition coefficient (Wildman–Crippen LogP) is 10.2. The lowest BCUT2D eigenvalue weighted by Gasteiger charge is -2.14. The molecule has 0 fully saturated rings. The van der Waals surface area contributed by atoms with E-state index in [0.717, 1.165) is 0 Å². The standard InChI is InChI=1S/C36H28S3/c1-5-17-29(18-6-1)38(30-19-7-2-8-20-30)36-28-16-14-26-34(36)33-25-13-15-27-35(33)37-39(31-21-9-3-10-22-31)32-23-11-4-12-24-32/h1-28H/q+2. The summed E-state index contributed by atoms with van der Waals surface area (Å²) in [6.45, 7) is 0. The van der Waals surface area contributed by atoms with E-state index in [2.05, 4.69) is 170 Å². The second kappa shape index (κ2) is 12.5. The van der Waals surface area contributed by atoms with Crippen molar-refractivity contribution in [3.63, 3.8) is 0 Å². The molecule has 0 radical (unpaired) electrons. The zero-order valence-corrected chi connectivity index (χ0v) is 23.8. The highest BCUT2D eigenvalue weighted by Crippen LogP contribution is 2.45. The van der Waals surface area contributed by atoms with E-state index in [4.69, 9.17) is 0 Å². The van der Waals surface area contributed by atoms with Gasteiger partial charge in [0.2, 0.25) is 0 Å². The molecule has 6 aromatic rings. The Balaban J connectivity index is 1.48. The van der Waals surface area contributed by atoms with Crippen LogP contribution in [0.1, 0.15) is 0 Å². The van der Waals surface area contributed by atoms with E-state index < -0.39 is 0 Å². The van der Waals surface area contributed by atoms with Crippen molar-refractivity contribution in [3.05, 3.63) is 170 Å². The zero-order chi connectivity index (χ0) is 26.3. The topological polar surface area (TPSA) is 0 Å². The summed E-state index contributed by atoms with van der Waals surface area (Å²) in [5.41, 5.74) is 2.58. The summed E-state index contributed by atoms with van der Waals surface area (Å²) < 4.78 is 0. The molecule has 3 heteroatoms. The first-order valence-corrected chi connectivity index (χ1v) is 16.7. The fraction of sp³-hybridized carbons (Fsp3) is 0. The van der Waals surface area contributed by atoms with Gasteiger partial charge in [0.25, 0.3) is 0 Å². The summed E-state index contributed by atoms with van der Waals surface area (Å²) in [5, 5.41) is 0. The SMILES string of the molecule is c1ccc([S+](Sc2ccccc2-c2ccccc2[S+](c2ccccc2)c2ccccc2)c2ccccc2)cc1. The molecule has 0 heterocycles. The molecule has 0 aliphatic heterocycles. The van der Waals surface area contributed by atoms with Gasteiger partial charge in [-0.05, 0) is 66.7 Å². The maximum Gasteiger partial charge on any atom is 0.174 e. The quantitative estimate of drug-likeness (QED) is 0.133. The van der Waals surface area contributed by atoms with Crippen molar-refractivity contribution in [2.24, 2.45) is 0 Å². The van der Waals surface area contributed by atoms with Crippen molar-refractivity contribution in [2.45, 2.75) is 29.4 Å². The minimum atomic E-state index is -0.227. The Morgan fingerprint density at radius 1 is 0.333 bits per heavy atom. The van der Waals surface area contributed by atoms with E-state index in [9.17, 15) is 0 Å². The van der Waals surface area contributed by atoms with Gasteiger partial charge in [-0.15, -0.1) is 0 Å². The summed E-state index contributed by atoms with van der Waals surface area (Å²) in [5.74, 6) is 0.